The zero-order valence-corrected chi connectivity index (χ0v) is 13.4. The van der Waals surface area contributed by atoms with Crippen molar-refractivity contribution in [3.05, 3.63) is 71.2 Å². The molecule has 0 radical (unpaired) electrons. The van der Waals surface area contributed by atoms with Gasteiger partial charge in [0.25, 0.3) is 0 Å². The van der Waals surface area contributed by atoms with E-state index >= 15 is 0 Å². The normalized spacial score (nSPS) is 10.4. The molecule has 4 heteroatoms. The molecule has 0 saturated carbocycles. The van der Waals surface area contributed by atoms with Gasteiger partial charge < -0.3 is 10.6 Å². The van der Waals surface area contributed by atoms with Crippen molar-refractivity contribution in [1.29, 1.82) is 0 Å². The third-order valence-corrected chi connectivity index (χ3v) is 4.07. The smallest absolute Gasteiger partial charge is 0.243 e. The first kappa shape index (κ1) is 14.6. The second-order valence-corrected chi connectivity index (χ2v) is 5.76. The van der Waals surface area contributed by atoms with Crippen LogP contribution in [0.5, 0.6) is 0 Å². The highest BCUT2D eigenvalue weighted by atomic mass is 79.9. The van der Waals surface area contributed by atoms with Crippen molar-refractivity contribution in [3.63, 3.8) is 0 Å². The summed E-state index contributed by atoms with van der Waals surface area (Å²) >= 11 is 3.42. The van der Waals surface area contributed by atoms with Crippen molar-refractivity contribution in [3.8, 4) is 0 Å². The summed E-state index contributed by atoms with van der Waals surface area (Å²) in [6.07, 6.45) is 0. The maximum absolute atomic E-state index is 12.1. The lowest BCUT2D eigenvalue weighted by atomic mass is 10.1. The Bertz CT molecular complexity index is 812. The number of halogens is 1. The maximum Gasteiger partial charge on any atom is 0.243 e. The van der Waals surface area contributed by atoms with Crippen molar-refractivity contribution >= 4 is 44.0 Å². The molecule has 2 N–H and O–H groups in total. The molecule has 0 aromatic heterocycles. The molecule has 1 amide bonds. The van der Waals surface area contributed by atoms with Gasteiger partial charge in [-0.05, 0) is 39.5 Å². The standard InChI is InChI=1S/C18H15BrN2O/c19-15-9-3-4-10-17(15)21-18(22)12-20-16-11-5-7-13-6-1-2-8-14(13)16/h1-11,20H,12H2,(H,21,22). The molecular formula is C18H15BrN2O. The van der Waals surface area contributed by atoms with E-state index in [1.807, 2.05) is 54.6 Å². The largest absolute Gasteiger partial charge is 0.376 e. The van der Waals surface area contributed by atoms with E-state index in [0.717, 1.165) is 26.6 Å². The Hall–Kier alpha value is -2.33. The Morgan fingerprint density at radius 3 is 2.41 bits per heavy atom. The number of benzene rings is 3. The predicted molar refractivity (Wildman–Crippen MR) is 95.2 cm³/mol. The van der Waals surface area contributed by atoms with Gasteiger partial charge in [-0.25, -0.2) is 0 Å². The molecule has 0 heterocycles. The minimum Gasteiger partial charge on any atom is -0.376 e. The van der Waals surface area contributed by atoms with Crippen LogP contribution in [0.4, 0.5) is 11.4 Å². The number of fused-ring (bicyclic) bond motifs is 1. The van der Waals surface area contributed by atoms with E-state index in [2.05, 4.69) is 38.7 Å². The van der Waals surface area contributed by atoms with Crippen LogP contribution in [0.3, 0.4) is 0 Å². The monoisotopic (exact) mass is 354 g/mol. The molecule has 0 bridgehead atoms. The lowest BCUT2D eigenvalue weighted by Gasteiger charge is -2.11. The van der Waals surface area contributed by atoms with Crippen LogP contribution in [0, 0.1) is 0 Å². The molecule has 3 aromatic carbocycles. The van der Waals surface area contributed by atoms with E-state index in [9.17, 15) is 4.79 Å². The van der Waals surface area contributed by atoms with E-state index in [1.165, 1.54) is 0 Å². The summed E-state index contributed by atoms with van der Waals surface area (Å²) < 4.78 is 0.869. The Morgan fingerprint density at radius 1 is 0.864 bits per heavy atom. The molecule has 0 saturated heterocycles. The van der Waals surface area contributed by atoms with Gasteiger partial charge in [-0.1, -0.05) is 48.5 Å². The molecule has 0 aliphatic carbocycles. The van der Waals surface area contributed by atoms with Crippen LogP contribution in [0.1, 0.15) is 0 Å². The quantitative estimate of drug-likeness (QED) is 0.715. The third kappa shape index (κ3) is 3.28. The Kier molecular flexibility index (Phi) is 4.39. The van der Waals surface area contributed by atoms with Crippen LogP contribution in [-0.2, 0) is 4.79 Å². The molecule has 3 aromatic rings. The molecule has 0 fully saturated rings. The Morgan fingerprint density at radius 2 is 1.55 bits per heavy atom. The van der Waals surface area contributed by atoms with Gasteiger partial charge in [0.2, 0.25) is 5.91 Å². The summed E-state index contributed by atoms with van der Waals surface area (Å²) in [6, 6.07) is 21.7. The summed E-state index contributed by atoms with van der Waals surface area (Å²) in [4.78, 5) is 12.1. The zero-order valence-electron chi connectivity index (χ0n) is 11.8. The number of para-hydroxylation sites is 1. The fourth-order valence-electron chi connectivity index (χ4n) is 2.31. The first-order valence-corrected chi connectivity index (χ1v) is 7.79. The van der Waals surface area contributed by atoms with Gasteiger partial charge in [0, 0.05) is 15.5 Å². The van der Waals surface area contributed by atoms with Gasteiger partial charge in [0.05, 0.1) is 12.2 Å². The van der Waals surface area contributed by atoms with Crippen molar-refractivity contribution in [2.75, 3.05) is 17.2 Å². The summed E-state index contributed by atoms with van der Waals surface area (Å²) in [5.74, 6) is -0.0835. The first-order chi connectivity index (χ1) is 10.7. The van der Waals surface area contributed by atoms with Crippen LogP contribution < -0.4 is 10.6 Å². The zero-order chi connectivity index (χ0) is 15.4. The molecule has 0 unspecified atom stereocenters. The number of hydrogen-bond donors (Lipinski definition) is 2. The number of amides is 1. The van der Waals surface area contributed by atoms with Gasteiger partial charge in [-0.3, -0.25) is 4.79 Å². The SMILES string of the molecule is O=C(CNc1cccc2ccccc12)Nc1ccccc1Br. The average Bonchev–Trinajstić information content (AvgIpc) is 2.55. The predicted octanol–water partition coefficient (Wildman–Crippen LogP) is 4.65. The molecule has 22 heavy (non-hydrogen) atoms. The van der Waals surface area contributed by atoms with Crippen molar-refractivity contribution in [2.45, 2.75) is 0 Å². The summed E-state index contributed by atoms with van der Waals surface area (Å²) in [5.41, 5.74) is 1.73. The number of carbonyl (C=O) groups excluding carboxylic acids is 1. The average molecular weight is 355 g/mol. The summed E-state index contributed by atoms with van der Waals surface area (Å²) in [7, 11) is 0. The number of nitrogens with one attached hydrogen (secondary N) is 2. The van der Waals surface area contributed by atoms with E-state index in [0.29, 0.717) is 0 Å². The molecule has 0 aliphatic heterocycles. The van der Waals surface area contributed by atoms with Crippen LogP contribution in [0.15, 0.2) is 71.2 Å². The van der Waals surface area contributed by atoms with Crippen LogP contribution in [0.2, 0.25) is 0 Å². The first-order valence-electron chi connectivity index (χ1n) is 7.00. The van der Waals surface area contributed by atoms with Crippen LogP contribution >= 0.6 is 15.9 Å². The molecule has 110 valence electrons. The van der Waals surface area contributed by atoms with Gasteiger partial charge in [0.1, 0.15) is 0 Å². The minimum atomic E-state index is -0.0835. The van der Waals surface area contributed by atoms with Gasteiger partial charge >= 0.3 is 0 Å². The number of rotatable bonds is 4. The van der Waals surface area contributed by atoms with E-state index in [1.54, 1.807) is 0 Å². The van der Waals surface area contributed by atoms with E-state index in [4.69, 9.17) is 0 Å². The lowest BCUT2D eigenvalue weighted by Crippen LogP contribution is -2.22. The number of anilines is 2. The highest BCUT2D eigenvalue weighted by Crippen LogP contribution is 2.23. The summed E-state index contributed by atoms with van der Waals surface area (Å²) in [5, 5.41) is 8.34. The molecular weight excluding hydrogens is 340 g/mol. The van der Waals surface area contributed by atoms with E-state index in [-0.39, 0.29) is 12.5 Å². The maximum atomic E-state index is 12.1. The van der Waals surface area contributed by atoms with Gasteiger partial charge in [-0.2, -0.15) is 0 Å². The summed E-state index contributed by atoms with van der Waals surface area (Å²) in [6.45, 7) is 0.218. The molecule has 0 aliphatic rings. The van der Waals surface area contributed by atoms with Crippen molar-refractivity contribution in [1.82, 2.24) is 0 Å². The van der Waals surface area contributed by atoms with Gasteiger partial charge in [-0.15, -0.1) is 0 Å². The second-order valence-electron chi connectivity index (χ2n) is 4.91. The highest BCUT2D eigenvalue weighted by molar-refractivity contribution is 9.10. The van der Waals surface area contributed by atoms with Gasteiger partial charge in [0.15, 0.2) is 0 Å². The lowest BCUT2D eigenvalue weighted by molar-refractivity contribution is -0.114. The highest BCUT2D eigenvalue weighted by Gasteiger charge is 2.06. The van der Waals surface area contributed by atoms with Crippen molar-refractivity contribution < 1.29 is 4.79 Å². The topological polar surface area (TPSA) is 41.1 Å². The number of hydrogen-bond acceptors (Lipinski definition) is 2. The fraction of sp³-hybridized carbons (Fsp3) is 0.0556. The van der Waals surface area contributed by atoms with Crippen molar-refractivity contribution in [2.24, 2.45) is 0 Å². The second kappa shape index (κ2) is 6.62. The molecule has 3 rings (SSSR count). The molecule has 3 nitrogen and oxygen atoms in total. The molecule has 0 atom stereocenters. The van der Waals surface area contributed by atoms with Crippen LogP contribution in [-0.4, -0.2) is 12.5 Å². The Labute approximate surface area is 137 Å². The van der Waals surface area contributed by atoms with Crippen LogP contribution in [0.25, 0.3) is 10.8 Å². The van der Waals surface area contributed by atoms with E-state index < -0.39 is 0 Å². The minimum absolute atomic E-state index is 0.0835. The number of carbonyl (C=O) groups is 1. The third-order valence-electron chi connectivity index (χ3n) is 3.38. The Balaban J connectivity index is 1.69. The molecule has 0 spiro atoms. The fourth-order valence-corrected chi connectivity index (χ4v) is 2.70.